The quantitative estimate of drug-likeness (QED) is 0.926. The first-order valence-corrected chi connectivity index (χ1v) is 8.45. The van der Waals surface area contributed by atoms with E-state index < -0.39 is 0 Å². The summed E-state index contributed by atoms with van der Waals surface area (Å²) in [7, 11) is 0. The minimum atomic E-state index is 0.0543. The molecule has 0 aromatic heterocycles. The SMILES string of the molecule is CC(CN)(Cc1ccc(Cl)cc1)N1CCCSCC1. The molecule has 1 aromatic carbocycles. The Morgan fingerprint density at radius 3 is 2.68 bits per heavy atom. The summed E-state index contributed by atoms with van der Waals surface area (Å²) in [5.74, 6) is 2.49. The van der Waals surface area contributed by atoms with E-state index in [-0.39, 0.29) is 5.54 Å². The van der Waals surface area contributed by atoms with Gasteiger partial charge in [-0.25, -0.2) is 0 Å². The standard InChI is InChI=1S/C15H23ClN2S/c1-15(12-17,18-7-2-9-19-10-8-18)11-13-3-5-14(16)6-4-13/h3-6H,2,7-12,17H2,1H3. The van der Waals surface area contributed by atoms with Gasteiger partial charge in [0.05, 0.1) is 0 Å². The summed E-state index contributed by atoms with van der Waals surface area (Å²) in [6.07, 6.45) is 2.26. The van der Waals surface area contributed by atoms with Crippen LogP contribution in [-0.4, -0.2) is 41.6 Å². The van der Waals surface area contributed by atoms with E-state index in [4.69, 9.17) is 17.3 Å². The van der Waals surface area contributed by atoms with Crippen molar-refractivity contribution < 1.29 is 0 Å². The van der Waals surface area contributed by atoms with Crippen molar-refractivity contribution in [2.45, 2.75) is 25.3 Å². The number of nitrogens with zero attached hydrogens (tertiary/aromatic N) is 1. The number of benzene rings is 1. The summed E-state index contributed by atoms with van der Waals surface area (Å²) >= 11 is 8.00. The Bertz CT molecular complexity index is 388. The molecule has 4 heteroatoms. The van der Waals surface area contributed by atoms with E-state index in [1.54, 1.807) is 0 Å². The fourth-order valence-electron chi connectivity index (χ4n) is 2.64. The van der Waals surface area contributed by atoms with Crippen molar-refractivity contribution in [1.29, 1.82) is 0 Å². The Labute approximate surface area is 125 Å². The molecule has 0 amide bonds. The third kappa shape index (κ3) is 4.12. The van der Waals surface area contributed by atoms with Gasteiger partial charge in [-0.2, -0.15) is 11.8 Å². The molecule has 2 nitrogen and oxygen atoms in total. The van der Waals surface area contributed by atoms with E-state index >= 15 is 0 Å². The highest BCUT2D eigenvalue weighted by Crippen LogP contribution is 2.24. The molecule has 1 saturated heterocycles. The summed E-state index contributed by atoms with van der Waals surface area (Å²) in [5.41, 5.74) is 7.46. The van der Waals surface area contributed by atoms with E-state index in [0.29, 0.717) is 6.54 Å². The largest absolute Gasteiger partial charge is 0.329 e. The third-order valence-electron chi connectivity index (χ3n) is 3.92. The van der Waals surface area contributed by atoms with E-state index in [1.807, 2.05) is 12.1 Å². The fraction of sp³-hybridized carbons (Fsp3) is 0.600. The van der Waals surface area contributed by atoms with Gasteiger partial charge in [-0.1, -0.05) is 23.7 Å². The van der Waals surface area contributed by atoms with Crippen molar-refractivity contribution >= 4 is 23.4 Å². The Kier molecular flexibility index (Phi) is 5.58. The van der Waals surface area contributed by atoms with Gasteiger partial charge in [0.1, 0.15) is 0 Å². The number of hydrogen-bond acceptors (Lipinski definition) is 3. The zero-order valence-corrected chi connectivity index (χ0v) is 13.1. The summed E-state index contributed by atoms with van der Waals surface area (Å²) in [5, 5.41) is 0.796. The Morgan fingerprint density at radius 1 is 1.26 bits per heavy atom. The van der Waals surface area contributed by atoms with Crippen LogP contribution >= 0.6 is 23.4 Å². The summed E-state index contributed by atoms with van der Waals surface area (Å²) in [6, 6.07) is 8.16. The van der Waals surface area contributed by atoms with Gasteiger partial charge in [0, 0.05) is 29.4 Å². The van der Waals surface area contributed by atoms with Crippen LogP contribution in [0.1, 0.15) is 18.9 Å². The molecule has 2 N–H and O–H groups in total. The lowest BCUT2D eigenvalue weighted by Crippen LogP contribution is -2.54. The number of halogens is 1. The van der Waals surface area contributed by atoms with Gasteiger partial charge in [-0.05, 0) is 49.8 Å². The zero-order chi connectivity index (χ0) is 13.7. The van der Waals surface area contributed by atoms with Gasteiger partial charge in [0.15, 0.2) is 0 Å². The molecule has 1 aromatic rings. The molecule has 0 aliphatic carbocycles. The van der Waals surface area contributed by atoms with Crippen molar-refractivity contribution in [1.82, 2.24) is 4.90 Å². The topological polar surface area (TPSA) is 29.3 Å². The second kappa shape index (κ2) is 6.98. The van der Waals surface area contributed by atoms with Crippen LogP contribution in [0.5, 0.6) is 0 Å². The Balaban J connectivity index is 2.09. The Morgan fingerprint density at radius 2 is 2.00 bits per heavy atom. The zero-order valence-electron chi connectivity index (χ0n) is 11.6. The van der Waals surface area contributed by atoms with Crippen molar-refractivity contribution in [3.05, 3.63) is 34.9 Å². The van der Waals surface area contributed by atoms with Crippen molar-refractivity contribution in [2.24, 2.45) is 5.73 Å². The monoisotopic (exact) mass is 298 g/mol. The fourth-order valence-corrected chi connectivity index (χ4v) is 3.65. The number of hydrogen-bond donors (Lipinski definition) is 1. The minimum Gasteiger partial charge on any atom is -0.329 e. The van der Waals surface area contributed by atoms with Crippen LogP contribution in [0.4, 0.5) is 0 Å². The lowest BCUT2D eigenvalue weighted by molar-refractivity contribution is 0.120. The smallest absolute Gasteiger partial charge is 0.0406 e. The molecule has 1 fully saturated rings. The molecule has 0 bridgehead atoms. The highest BCUT2D eigenvalue weighted by Gasteiger charge is 2.30. The number of rotatable bonds is 4. The first-order chi connectivity index (χ1) is 9.14. The van der Waals surface area contributed by atoms with Crippen LogP contribution in [0, 0.1) is 0 Å². The van der Waals surface area contributed by atoms with Gasteiger partial charge < -0.3 is 5.73 Å². The molecular formula is C15H23ClN2S. The maximum atomic E-state index is 6.09. The van der Waals surface area contributed by atoms with Gasteiger partial charge >= 0.3 is 0 Å². The Hall–Kier alpha value is -0.220. The predicted octanol–water partition coefficient (Wildman–Crippen LogP) is 3.04. The normalized spacial score (nSPS) is 20.8. The molecule has 0 spiro atoms. The minimum absolute atomic E-state index is 0.0543. The molecule has 1 aliphatic heterocycles. The summed E-state index contributed by atoms with van der Waals surface area (Å²) in [6.45, 7) is 5.29. The number of nitrogens with two attached hydrogens (primary N) is 1. The highest BCUT2D eigenvalue weighted by atomic mass is 35.5. The van der Waals surface area contributed by atoms with E-state index in [1.165, 1.54) is 23.5 Å². The van der Waals surface area contributed by atoms with Crippen LogP contribution in [0.3, 0.4) is 0 Å². The lowest BCUT2D eigenvalue weighted by Gasteiger charge is -2.40. The molecule has 1 heterocycles. The van der Waals surface area contributed by atoms with Crippen LogP contribution in [0.2, 0.25) is 5.02 Å². The average molecular weight is 299 g/mol. The summed E-state index contributed by atoms with van der Waals surface area (Å²) in [4.78, 5) is 2.57. The number of thioether (sulfide) groups is 1. The average Bonchev–Trinajstić information content (AvgIpc) is 2.71. The van der Waals surface area contributed by atoms with E-state index in [2.05, 4.69) is 35.7 Å². The molecular weight excluding hydrogens is 276 g/mol. The highest BCUT2D eigenvalue weighted by molar-refractivity contribution is 7.99. The maximum Gasteiger partial charge on any atom is 0.0406 e. The van der Waals surface area contributed by atoms with Crippen molar-refractivity contribution in [3.63, 3.8) is 0 Å². The summed E-state index contributed by atoms with van der Waals surface area (Å²) < 4.78 is 0. The molecule has 1 aliphatic rings. The molecule has 2 rings (SSSR count). The molecule has 0 saturated carbocycles. The molecule has 19 heavy (non-hydrogen) atoms. The van der Waals surface area contributed by atoms with Crippen LogP contribution in [0.25, 0.3) is 0 Å². The van der Waals surface area contributed by atoms with Crippen LogP contribution < -0.4 is 5.73 Å². The van der Waals surface area contributed by atoms with Crippen LogP contribution in [0.15, 0.2) is 24.3 Å². The van der Waals surface area contributed by atoms with Gasteiger partial charge in [0.2, 0.25) is 0 Å². The maximum absolute atomic E-state index is 6.09. The third-order valence-corrected chi connectivity index (χ3v) is 5.22. The lowest BCUT2D eigenvalue weighted by atomic mass is 9.90. The van der Waals surface area contributed by atoms with E-state index in [9.17, 15) is 0 Å². The second-order valence-electron chi connectivity index (χ2n) is 5.46. The van der Waals surface area contributed by atoms with Gasteiger partial charge in [-0.15, -0.1) is 0 Å². The molecule has 106 valence electrons. The van der Waals surface area contributed by atoms with E-state index in [0.717, 1.165) is 24.5 Å². The molecule has 0 radical (unpaired) electrons. The van der Waals surface area contributed by atoms with Crippen LogP contribution in [-0.2, 0) is 6.42 Å². The molecule has 1 unspecified atom stereocenters. The molecule has 1 atom stereocenters. The first kappa shape index (κ1) is 15.2. The first-order valence-electron chi connectivity index (χ1n) is 6.91. The van der Waals surface area contributed by atoms with Gasteiger partial charge in [-0.3, -0.25) is 4.90 Å². The van der Waals surface area contributed by atoms with Crippen molar-refractivity contribution in [2.75, 3.05) is 31.1 Å². The van der Waals surface area contributed by atoms with Crippen molar-refractivity contribution in [3.8, 4) is 0 Å². The van der Waals surface area contributed by atoms with Gasteiger partial charge in [0.25, 0.3) is 0 Å². The predicted molar refractivity (Wildman–Crippen MR) is 86.1 cm³/mol. The second-order valence-corrected chi connectivity index (χ2v) is 7.12.